The fourth-order valence-electron chi connectivity index (χ4n) is 3.95. The number of imidazole rings is 1. The number of nitrogens with zero attached hydrogens (tertiary/aromatic N) is 2. The van der Waals surface area contributed by atoms with Gasteiger partial charge in [0.25, 0.3) is 5.91 Å². The van der Waals surface area contributed by atoms with Crippen molar-refractivity contribution >= 4 is 28.5 Å². The Kier molecular flexibility index (Phi) is 7.93. The highest BCUT2D eigenvalue weighted by Gasteiger charge is 2.18. The second kappa shape index (κ2) is 11.3. The molecule has 0 aliphatic heterocycles. The second-order valence-electron chi connectivity index (χ2n) is 8.61. The predicted molar refractivity (Wildman–Crippen MR) is 139 cm³/mol. The number of nitrogens with one attached hydrogen (secondary N) is 1. The van der Waals surface area contributed by atoms with Crippen LogP contribution in [0.4, 0.5) is 0 Å². The lowest BCUT2D eigenvalue weighted by atomic mass is 10.1. The van der Waals surface area contributed by atoms with E-state index in [1.807, 2.05) is 25.1 Å². The number of carbonyl (C=O) groups excluding carboxylic acids is 1. The number of hydrogen-bond acceptors (Lipinski definition) is 4. The minimum atomic E-state index is -0.288. The van der Waals surface area contributed by atoms with E-state index in [4.69, 9.17) is 26.1 Å². The maximum Gasteiger partial charge on any atom is 0.258 e. The van der Waals surface area contributed by atoms with Crippen LogP contribution in [0.15, 0.2) is 66.7 Å². The fourth-order valence-corrected chi connectivity index (χ4v) is 4.08. The summed E-state index contributed by atoms with van der Waals surface area (Å²) in [5, 5.41) is 3.62. The lowest BCUT2D eigenvalue weighted by Crippen LogP contribution is -2.32. The first kappa shape index (κ1) is 24.6. The van der Waals surface area contributed by atoms with Gasteiger partial charge in [0.05, 0.1) is 23.7 Å². The number of fused-ring (bicyclic) bond motifs is 1. The molecule has 4 rings (SSSR count). The first-order chi connectivity index (χ1) is 16.9. The standard InChI is InChI=1S/C28H30ClN3O3/c1-19-9-10-20(2)26(17-19)34-16-6-15-32-25-8-5-4-7-24(25)31-28(32)21(3)30-27(33)18-35-23-13-11-22(29)12-14-23/h4-5,7-14,17,21H,6,15-16,18H2,1-3H3,(H,30,33). The van der Waals surface area contributed by atoms with E-state index in [2.05, 4.69) is 48.0 Å². The number of hydrogen-bond donors (Lipinski definition) is 1. The van der Waals surface area contributed by atoms with Gasteiger partial charge in [0.15, 0.2) is 6.61 Å². The molecule has 0 aliphatic rings. The van der Waals surface area contributed by atoms with Crippen LogP contribution in [0.3, 0.4) is 0 Å². The Labute approximate surface area is 210 Å². The third-order valence-corrected chi connectivity index (χ3v) is 6.01. The van der Waals surface area contributed by atoms with Crippen LogP contribution >= 0.6 is 11.6 Å². The number of carbonyl (C=O) groups is 1. The highest BCUT2D eigenvalue weighted by atomic mass is 35.5. The summed E-state index contributed by atoms with van der Waals surface area (Å²) in [6.07, 6.45) is 0.807. The van der Waals surface area contributed by atoms with E-state index in [9.17, 15) is 4.79 Å². The maximum atomic E-state index is 12.6. The zero-order valence-corrected chi connectivity index (χ0v) is 21.0. The predicted octanol–water partition coefficient (Wildman–Crippen LogP) is 6.03. The average molecular weight is 492 g/mol. The van der Waals surface area contributed by atoms with Gasteiger partial charge in [-0.25, -0.2) is 4.98 Å². The van der Waals surface area contributed by atoms with Crippen LogP contribution in [-0.4, -0.2) is 28.7 Å². The monoisotopic (exact) mass is 491 g/mol. The van der Waals surface area contributed by atoms with Crippen LogP contribution in [0, 0.1) is 13.8 Å². The highest BCUT2D eigenvalue weighted by molar-refractivity contribution is 6.30. The molecule has 0 radical (unpaired) electrons. The fraction of sp³-hybridized carbons (Fsp3) is 0.286. The molecule has 1 aromatic heterocycles. The molecule has 1 N–H and O–H groups in total. The topological polar surface area (TPSA) is 65.4 Å². The van der Waals surface area contributed by atoms with Gasteiger partial charge in [-0.1, -0.05) is 35.9 Å². The largest absolute Gasteiger partial charge is 0.493 e. The van der Waals surface area contributed by atoms with Crippen LogP contribution in [0.2, 0.25) is 5.02 Å². The van der Waals surface area contributed by atoms with E-state index in [0.29, 0.717) is 17.4 Å². The van der Waals surface area contributed by atoms with Crippen molar-refractivity contribution in [1.82, 2.24) is 14.9 Å². The molecule has 3 aromatic carbocycles. The third-order valence-electron chi connectivity index (χ3n) is 5.76. The Hall–Kier alpha value is -3.51. The molecule has 182 valence electrons. The first-order valence-corrected chi connectivity index (χ1v) is 12.1. The lowest BCUT2D eigenvalue weighted by Gasteiger charge is -2.17. The Morgan fingerprint density at radius 3 is 2.63 bits per heavy atom. The van der Waals surface area contributed by atoms with Crippen LogP contribution in [0.1, 0.15) is 36.3 Å². The number of ether oxygens (including phenoxy) is 2. The highest BCUT2D eigenvalue weighted by Crippen LogP contribution is 2.23. The second-order valence-corrected chi connectivity index (χ2v) is 9.05. The summed E-state index contributed by atoms with van der Waals surface area (Å²) in [6, 6.07) is 20.9. The molecule has 35 heavy (non-hydrogen) atoms. The van der Waals surface area contributed by atoms with Crippen LogP contribution in [0.25, 0.3) is 11.0 Å². The summed E-state index contributed by atoms with van der Waals surface area (Å²) >= 11 is 5.90. The van der Waals surface area contributed by atoms with E-state index >= 15 is 0 Å². The van der Waals surface area contributed by atoms with Gasteiger partial charge < -0.3 is 19.4 Å². The zero-order valence-electron chi connectivity index (χ0n) is 20.3. The molecule has 1 atom stereocenters. The number of para-hydroxylation sites is 2. The minimum absolute atomic E-state index is 0.0874. The van der Waals surface area contributed by atoms with Crippen molar-refractivity contribution in [3.8, 4) is 11.5 Å². The zero-order chi connectivity index (χ0) is 24.8. The van der Waals surface area contributed by atoms with E-state index < -0.39 is 0 Å². The lowest BCUT2D eigenvalue weighted by molar-refractivity contribution is -0.123. The summed E-state index contributed by atoms with van der Waals surface area (Å²) in [7, 11) is 0. The smallest absolute Gasteiger partial charge is 0.258 e. The molecule has 0 aliphatic carbocycles. The maximum absolute atomic E-state index is 12.6. The summed E-state index contributed by atoms with van der Waals surface area (Å²) in [5.41, 5.74) is 4.24. The van der Waals surface area contributed by atoms with Crippen molar-refractivity contribution in [2.75, 3.05) is 13.2 Å². The summed E-state index contributed by atoms with van der Waals surface area (Å²) in [4.78, 5) is 17.4. The van der Waals surface area contributed by atoms with Crippen molar-refractivity contribution in [2.24, 2.45) is 0 Å². The van der Waals surface area contributed by atoms with Crippen molar-refractivity contribution in [2.45, 2.75) is 39.8 Å². The number of rotatable bonds is 10. The normalized spacial score (nSPS) is 11.9. The molecule has 6 nitrogen and oxygen atoms in total. The van der Waals surface area contributed by atoms with Crippen molar-refractivity contribution in [1.29, 1.82) is 0 Å². The minimum Gasteiger partial charge on any atom is -0.493 e. The van der Waals surface area contributed by atoms with E-state index in [1.54, 1.807) is 24.3 Å². The Balaban J connectivity index is 1.40. The molecule has 1 heterocycles. The molecule has 4 aromatic rings. The van der Waals surface area contributed by atoms with Gasteiger partial charge in [0.2, 0.25) is 0 Å². The van der Waals surface area contributed by atoms with Crippen molar-refractivity contribution < 1.29 is 14.3 Å². The molecule has 0 fully saturated rings. The third kappa shape index (κ3) is 6.34. The van der Waals surface area contributed by atoms with Gasteiger partial charge in [0.1, 0.15) is 17.3 Å². The molecular weight excluding hydrogens is 462 g/mol. The molecule has 0 bridgehead atoms. The quantitative estimate of drug-likeness (QED) is 0.275. The molecular formula is C28H30ClN3O3. The number of halogens is 1. The number of aryl methyl sites for hydroxylation is 3. The van der Waals surface area contributed by atoms with Crippen LogP contribution < -0.4 is 14.8 Å². The Morgan fingerprint density at radius 2 is 1.83 bits per heavy atom. The van der Waals surface area contributed by atoms with Gasteiger partial charge in [-0.2, -0.15) is 0 Å². The van der Waals surface area contributed by atoms with E-state index in [-0.39, 0.29) is 18.6 Å². The van der Waals surface area contributed by atoms with Gasteiger partial charge >= 0.3 is 0 Å². The summed E-state index contributed by atoms with van der Waals surface area (Å²) < 4.78 is 13.8. The number of aromatic nitrogens is 2. The Bertz CT molecular complexity index is 1300. The number of amides is 1. The molecule has 0 spiro atoms. The molecule has 0 saturated carbocycles. The average Bonchev–Trinajstić information content (AvgIpc) is 3.22. The van der Waals surface area contributed by atoms with Crippen molar-refractivity contribution in [3.05, 3.63) is 88.7 Å². The molecule has 7 heteroatoms. The van der Waals surface area contributed by atoms with E-state index in [0.717, 1.165) is 41.1 Å². The molecule has 1 amide bonds. The summed E-state index contributed by atoms with van der Waals surface area (Å²) in [6.45, 7) is 7.28. The SMILES string of the molecule is Cc1ccc(C)c(OCCCn2c(C(C)NC(=O)COc3ccc(Cl)cc3)nc3ccccc32)c1. The van der Waals surface area contributed by atoms with Gasteiger partial charge in [-0.05, 0) is 80.8 Å². The van der Waals surface area contributed by atoms with Gasteiger partial charge in [-0.3, -0.25) is 4.79 Å². The van der Waals surface area contributed by atoms with Gasteiger partial charge in [0, 0.05) is 11.6 Å². The van der Waals surface area contributed by atoms with Crippen molar-refractivity contribution in [3.63, 3.8) is 0 Å². The molecule has 0 saturated heterocycles. The van der Waals surface area contributed by atoms with Gasteiger partial charge in [-0.15, -0.1) is 0 Å². The Morgan fingerprint density at radius 1 is 1.06 bits per heavy atom. The van der Waals surface area contributed by atoms with E-state index in [1.165, 1.54) is 5.56 Å². The summed E-state index contributed by atoms with van der Waals surface area (Å²) in [5.74, 6) is 2.09. The molecule has 1 unspecified atom stereocenters. The first-order valence-electron chi connectivity index (χ1n) is 11.7. The van der Waals surface area contributed by atoms with Crippen LogP contribution in [0.5, 0.6) is 11.5 Å². The van der Waals surface area contributed by atoms with Crippen LogP contribution in [-0.2, 0) is 11.3 Å². The number of benzene rings is 3.